The van der Waals surface area contributed by atoms with E-state index in [-0.39, 0.29) is 0 Å². The van der Waals surface area contributed by atoms with E-state index in [2.05, 4.69) is 61.5 Å². The monoisotopic (exact) mass is 352 g/mol. The molecule has 2 aliphatic heterocycles. The van der Waals surface area contributed by atoms with Crippen molar-refractivity contribution in [2.45, 2.75) is 39.0 Å². The Hall–Kier alpha value is -2.37. The van der Waals surface area contributed by atoms with Crippen LogP contribution in [0.1, 0.15) is 39.0 Å². The number of benzene rings is 1. The lowest BCUT2D eigenvalue weighted by atomic mass is 10.0. The molecule has 26 heavy (non-hydrogen) atoms. The lowest BCUT2D eigenvalue weighted by Gasteiger charge is -2.31. The molecule has 0 saturated carbocycles. The van der Waals surface area contributed by atoms with E-state index in [0.717, 1.165) is 37.7 Å². The standard InChI is InChI=1S/C20H28N6/c1-16-6-5-13-26(15-16)19-14-21-24-20(23-19)22-17-7-9-18(10-8-17)25-11-3-2-4-12-25/h7-10,14,16H,2-6,11-13,15H2,1H3,(H,22,23,24). The zero-order valence-electron chi connectivity index (χ0n) is 15.6. The summed E-state index contributed by atoms with van der Waals surface area (Å²) in [6.45, 7) is 6.71. The predicted octanol–water partition coefficient (Wildman–Crippen LogP) is 3.84. The Labute approximate surface area is 155 Å². The maximum atomic E-state index is 4.67. The minimum Gasteiger partial charge on any atom is -0.372 e. The molecule has 138 valence electrons. The van der Waals surface area contributed by atoms with E-state index in [1.807, 2.05) is 0 Å². The van der Waals surface area contributed by atoms with E-state index in [1.54, 1.807) is 6.20 Å². The quantitative estimate of drug-likeness (QED) is 0.902. The van der Waals surface area contributed by atoms with Crippen LogP contribution in [0.2, 0.25) is 0 Å². The normalized spacial score (nSPS) is 20.9. The number of nitrogens with one attached hydrogen (secondary N) is 1. The third-order valence-corrected chi connectivity index (χ3v) is 5.37. The number of nitrogens with zero attached hydrogens (tertiary/aromatic N) is 5. The Bertz CT molecular complexity index is 710. The fourth-order valence-corrected chi connectivity index (χ4v) is 3.93. The molecular weight excluding hydrogens is 324 g/mol. The van der Waals surface area contributed by atoms with Gasteiger partial charge >= 0.3 is 0 Å². The van der Waals surface area contributed by atoms with Crippen molar-refractivity contribution in [1.82, 2.24) is 15.2 Å². The Morgan fingerprint density at radius 3 is 2.50 bits per heavy atom. The second-order valence-electron chi connectivity index (χ2n) is 7.55. The van der Waals surface area contributed by atoms with Gasteiger partial charge in [0.05, 0.1) is 6.20 Å². The first-order valence-corrected chi connectivity index (χ1v) is 9.85. The molecule has 0 aliphatic carbocycles. The fraction of sp³-hybridized carbons (Fsp3) is 0.550. The van der Waals surface area contributed by atoms with Gasteiger partial charge in [-0.15, -0.1) is 5.10 Å². The zero-order chi connectivity index (χ0) is 17.8. The van der Waals surface area contributed by atoms with Crippen LogP contribution < -0.4 is 15.1 Å². The molecule has 2 fully saturated rings. The van der Waals surface area contributed by atoms with E-state index in [4.69, 9.17) is 0 Å². The van der Waals surface area contributed by atoms with E-state index >= 15 is 0 Å². The fourth-order valence-electron chi connectivity index (χ4n) is 3.93. The maximum Gasteiger partial charge on any atom is 0.249 e. The number of rotatable bonds is 4. The summed E-state index contributed by atoms with van der Waals surface area (Å²) in [4.78, 5) is 9.44. The molecule has 6 nitrogen and oxygen atoms in total. The summed E-state index contributed by atoms with van der Waals surface area (Å²) in [6.07, 6.45) is 8.22. The predicted molar refractivity (Wildman–Crippen MR) is 106 cm³/mol. The van der Waals surface area contributed by atoms with Crippen molar-refractivity contribution in [3.05, 3.63) is 30.5 Å². The number of anilines is 4. The van der Waals surface area contributed by atoms with Crippen molar-refractivity contribution in [1.29, 1.82) is 0 Å². The van der Waals surface area contributed by atoms with Crippen LogP contribution in [0, 0.1) is 5.92 Å². The van der Waals surface area contributed by atoms with Crippen LogP contribution in [0.15, 0.2) is 30.5 Å². The highest BCUT2D eigenvalue weighted by Crippen LogP contribution is 2.24. The molecule has 4 rings (SSSR count). The number of hydrogen-bond acceptors (Lipinski definition) is 6. The first-order chi connectivity index (χ1) is 12.8. The second kappa shape index (κ2) is 7.89. The van der Waals surface area contributed by atoms with Crippen molar-refractivity contribution >= 4 is 23.1 Å². The lowest BCUT2D eigenvalue weighted by molar-refractivity contribution is 0.444. The van der Waals surface area contributed by atoms with Crippen molar-refractivity contribution in [2.24, 2.45) is 5.92 Å². The van der Waals surface area contributed by atoms with Gasteiger partial charge in [-0.25, -0.2) is 0 Å². The molecule has 6 heteroatoms. The maximum absolute atomic E-state index is 4.67. The Morgan fingerprint density at radius 2 is 1.73 bits per heavy atom. The molecule has 3 heterocycles. The van der Waals surface area contributed by atoms with Crippen molar-refractivity contribution < 1.29 is 0 Å². The molecule has 2 saturated heterocycles. The third kappa shape index (κ3) is 4.06. The summed E-state index contributed by atoms with van der Waals surface area (Å²) in [5, 5.41) is 11.6. The van der Waals surface area contributed by atoms with Gasteiger partial charge in [-0.1, -0.05) is 6.92 Å². The van der Waals surface area contributed by atoms with Crippen LogP contribution in [0.3, 0.4) is 0 Å². The van der Waals surface area contributed by atoms with Crippen molar-refractivity contribution in [3.63, 3.8) is 0 Å². The van der Waals surface area contributed by atoms with Gasteiger partial charge < -0.3 is 15.1 Å². The molecule has 2 aromatic rings. The average Bonchev–Trinajstić information content (AvgIpc) is 2.69. The number of hydrogen-bond donors (Lipinski definition) is 1. The van der Waals surface area contributed by atoms with Crippen LogP contribution in [-0.4, -0.2) is 41.4 Å². The van der Waals surface area contributed by atoms with Gasteiger partial charge in [0.15, 0.2) is 5.82 Å². The van der Waals surface area contributed by atoms with Gasteiger partial charge in [-0.2, -0.15) is 10.1 Å². The van der Waals surface area contributed by atoms with E-state index < -0.39 is 0 Å². The molecule has 0 bridgehead atoms. The van der Waals surface area contributed by atoms with Crippen LogP contribution >= 0.6 is 0 Å². The van der Waals surface area contributed by atoms with Gasteiger partial charge in [-0.05, 0) is 62.3 Å². The number of aromatic nitrogens is 3. The third-order valence-electron chi connectivity index (χ3n) is 5.37. The summed E-state index contributed by atoms with van der Waals surface area (Å²) < 4.78 is 0. The molecule has 0 amide bonds. The average molecular weight is 352 g/mol. The van der Waals surface area contributed by atoms with Gasteiger partial charge in [0.1, 0.15) is 0 Å². The highest BCUT2D eigenvalue weighted by atomic mass is 15.3. The summed E-state index contributed by atoms with van der Waals surface area (Å²) in [5.74, 6) is 2.18. The lowest BCUT2D eigenvalue weighted by Crippen LogP contribution is -2.35. The van der Waals surface area contributed by atoms with Crippen LogP contribution in [0.5, 0.6) is 0 Å². The molecule has 1 aromatic carbocycles. The smallest absolute Gasteiger partial charge is 0.249 e. The molecule has 2 aliphatic rings. The summed E-state index contributed by atoms with van der Waals surface area (Å²) in [7, 11) is 0. The summed E-state index contributed by atoms with van der Waals surface area (Å²) >= 11 is 0. The minimum atomic E-state index is 0.562. The Balaban J connectivity index is 1.43. The Morgan fingerprint density at radius 1 is 0.962 bits per heavy atom. The number of piperidine rings is 2. The molecule has 1 atom stereocenters. The molecule has 1 aromatic heterocycles. The van der Waals surface area contributed by atoms with E-state index in [1.165, 1.54) is 37.8 Å². The van der Waals surface area contributed by atoms with Gasteiger partial charge in [0.25, 0.3) is 0 Å². The van der Waals surface area contributed by atoms with Crippen LogP contribution in [-0.2, 0) is 0 Å². The first kappa shape index (κ1) is 17.1. The largest absolute Gasteiger partial charge is 0.372 e. The highest BCUT2D eigenvalue weighted by molar-refractivity contribution is 5.60. The Kier molecular flexibility index (Phi) is 5.18. The summed E-state index contributed by atoms with van der Waals surface area (Å²) in [5.41, 5.74) is 2.29. The topological polar surface area (TPSA) is 57.2 Å². The van der Waals surface area contributed by atoms with Gasteiger partial charge in [0.2, 0.25) is 5.95 Å². The van der Waals surface area contributed by atoms with Crippen LogP contribution in [0.4, 0.5) is 23.1 Å². The highest BCUT2D eigenvalue weighted by Gasteiger charge is 2.18. The van der Waals surface area contributed by atoms with E-state index in [9.17, 15) is 0 Å². The van der Waals surface area contributed by atoms with E-state index in [0.29, 0.717) is 11.9 Å². The second-order valence-corrected chi connectivity index (χ2v) is 7.55. The molecule has 1 unspecified atom stereocenters. The van der Waals surface area contributed by atoms with Crippen molar-refractivity contribution in [3.8, 4) is 0 Å². The molecule has 0 spiro atoms. The first-order valence-electron chi connectivity index (χ1n) is 9.85. The van der Waals surface area contributed by atoms with Gasteiger partial charge in [0, 0.05) is 37.6 Å². The zero-order valence-corrected chi connectivity index (χ0v) is 15.6. The molecule has 1 N–H and O–H groups in total. The molecular formula is C20H28N6. The van der Waals surface area contributed by atoms with Crippen molar-refractivity contribution in [2.75, 3.05) is 41.3 Å². The van der Waals surface area contributed by atoms with Gasteiger partial charge in [-0.3, -0.25) is 0 Å². The van der Waals surface area contributed by atoms with Crippen LogP contribution in [0.25, 0.3) is 0 Å². The SMILES string of the molecule is CC1CCCN(c2cnnc(Nc3ccc(N4CCCCC4)cc3)n2)C1. The minimum absolute atomic E-state index is 0.562. The molecule has 0 radical (unpaired) electrons. The summed E-state index contributed by atoms with van der Waals surface area (Å²) in [6, 6.07) is 8.56.